The van der Waals surface area contributed by atoms with Crippen molar-refractivity contribution in [2.75, 3.05) is 45.2 Å². The summed E-state index contributed by atoms with van der Waals surface area (Å²) in [6, 6.07) is 10.7. The van der Waals surface area contributed by atoms with Gasteiger partial charge in [0, 0.05) is 30.3 Å². The highest BCUT2D eigenvalue weighted by molar-refractivity contribution is 7.89. The first-order valence-corrected chi connectivity index (χ1v) is 13.1. The first kappa shape index (κ1) is 25.5. The summed E-state index contributed by atoms with van der Waals surface area (Å²) in [4.78, 5) is 14.9. The van der Waals surface area contributed by atoms with Crippen LogP contribution in [0, 0.1) is 0 Å². The van der Waals surface area contributed by atoms with E-state index in [9.17, 15) is 13.2 Å². The number of anilines is 1. The molecule has 1 saturated heterocycles. The van der Waals surface area contributed by atoms with Crippen LogP contribution in [0.2, 0.25) is 5.02 Å². The lowest BCUT2D eigenvalue weighted by molar-refractivity contribution is -0.117. The van der Waals surface area contributed by atoms with Crippen molar-refractivity contribution < 1.29 is 17.9 Å². The lowest BCUT2D eigenvalue weighted by atomic mass is 10.0. The van der Waals surface area contributed by atoms with Gasteiger partial charge in [-0.05, 0) is 55.1 Å². The number of halogens is 1. The number of rotatable bonds is 8. The summed E-state index contributed by atoms with van der Waals surface area (Å²) in [5, 5.41) is 3.43. The van der Waals surface area contributed by atoms with Crippen LogP contribution in [0.5, 0.6) is 5.75 Å². The van der Waals surface area contributed by atoms with Gasteiger partial charge < -0.3 is 10.1 Å². The van der Waals surface area contributed by atoms with Crippen molar-refractivity contribution in [3.8, 4) is 5.75 Å². The van der Waals surface area contributed by atoms with Crippen molar-refractivity contribution in [1.82, 2.24) is 9.21 Å². The minimum Gasteiger partial charge on any atom is -0.495 e. The molecular weight excluding hydrogens is 462 g/mol. The molecule has 0 unspecified atom stereocenters. The van der Waals surface area contributed by atoms with Crippen LogP contribution < -0.4 is 10.1 Å². The maximum absolute atomic E-state index is 13.3. The first-order valence-electron chi connectivity index (χ1n) is 11.3. The van der Waals surface area contributed by atoms with Gasteiger partial charge in [0.25, 0.3) is 0 Å². The van der Waals surface area contributed by atoms with E-state index in [-0.39, 0.29) is 29.6 Å². The fourth-order valence-corrected chi connectivity index (χ4v) is 6.01. The van der Waals surface area contributed by atoms with Crippen molar-refractivity contribution in [2.24, 2.45) is 0 Å². The summed E-state index contributed by atoms with van der Waals surface area (Å²) in [5.74, 6) is 0.180. The van der Waals surface area contributed by atoms with Crippen molar-refractivity contribution in [3.63, 3.8) is 0 Å². The Labute approximate surface area is 201 Å². The van der Waals surface area contributed by atoms with Crippen LogP contribution in [-0.4, -0.2) is 63.4 Å². The summed E-state index contributed by atoms with van der Waals surface area (Å²) in [6.45, 7) is 6.13. The summed E-state index contributed by atoms with van der Waals surface area (Å²) >= 11 is 6.05. The molecule has 0 radical (unpaired) electrons. The molecule has 1 N–H and O–H groups in total. The van der Waals surface area contributed by atoms with E-state index in [2.05, 4.69) is 19.2 Å². The number of hydrogen-bond donors (Lipinski definition) is 1. The third kappa shape index (κ3) is 6.06. The number of carbonyl (C=O) groups excluding carboxylic acids is 1. The molecule has 9 heteroatoms. The van der Waals surface area contributed by atoms with Gasteiger partial charge >= 0.3 is 0 Å². The van der Waals surface area contributed by atoms with Crippen LogP contribution in [0.15, 0.2) is 41.3 Å². The molecule has 1 fully saturated rings. The molecule has 33 heavy (non-hydrogen) atoms. The Morgan fingerprint density at radius 1 is 1.06 bits per heavy atom. The minimum absolute atomic E-state index is 0.0620. The Morgan fingerprint density at radius 2 is 1.76 bits per heavy atom. The highest BCUT2D eigenvalue weighted by Gasteiger charge is 2.30. The number of methoxy groups -OCH3 is 1. The second kappa shape index (κ2) is 11.3. The van der Waals surface area contributed by atoms with E-state index in [1.807, 2.05) is 23.1 Å². The van der Waals surface area contributed by atoms with Crippen LogP contribution in [0.1, 0.15) is 31.4 Å². The molecule has 1 aliphatic rings. The van der Waals surface area contributed by atoms with Crippen LogP contribution >= 0.6 is 11.6 Å². The highest BCUT2D eigenvalue weighted by atomic mass is 35.5. The molecule has 0 aromatic heterocycles. The zero-order valence-corrected chi connectivity index (χ0v) is 21.0. The number of hydrogen-bond acceptors (Lipinski definition) is 5. The Morgan fingerprint density at radius 3 is 2.39 bits per heavy atom. The normalized spacial score (nSPS) is 15.8. The zero-order valence-electron chi connectivity index (χ0n) is 19.4. The maximum Gasteiger partial charge on any atom is 0.246 e. The third-order valence-electron chi connectivity index (χ3n) is 5.92. The van der Waals surface area contributed by atoms with E-state index in [1.165, 1.54) is 17.5 Å². The van der Waals surface area contributed by atoms with Gasteiger partial charge in [0.2, 0.25) is 15.9 Å². The molecule has 0 spiro atoms. The number of para-hydroxylation sites is 1. The molecule has 180 valence electrons. The molecule has 2 aromatic rings. The highest BCUT2D eigenvalue weighted by Crippen LogP contribution is 2.30. The van der Waals surface area contributed by atoms with Gasteiger partial charge in [-0.25, -0.2) is 8.42 Å². The predicted octanol–water partition coefficient (Wildman–Crippen LogP) is 3.81. The second-order valence-electron chi connectivity index (χ2n) is 8.04. The molecule has 0 atom stereocenters. The molecule has 1 amide bonds. The largest absolute Gasteiger partial charge is 0.495 e. The van der Waals surface area contributed by atoms with E-state index >= 15 is 0 Å². The van der Waals surface area contributed by atoms with E-state index < -0.39 is 10.0 Å². The number of nitrogens with one attached hydrogen (secondary N) is 1. The van der Waals surface area contributed by atoms with E-state index in [4.69, 9.17) is 16.3 Å². The van der Waals surface area contributed by atoms with Crippen molar-refractivity contribution in [2.45, 2.75) is 38.0 Å². The van der Waals surface area contributed by atoms with Gasteiger partial charge in [0.15, 0.2) is 0 Å². The van der Waals surface area contributed by atoms with Crippen molar-refractivity contribution in [1.29, 1.82) is 0 Å². The number of amides is 1. The Bertz CT molecular complexity index is 1070. The van der Waals surface area contributed by atoms with Gasteiger partial charge in [0.05, 0.1) is 13.7 Å². The number of aryl methyl sites for hydroxylation is 2. The third-order valence-corrected chi connectivity index (χ3v) is 8.08. The summed E-state index contributed by atoms with van der Waals surface area (Å²) in [5.41, 5.74) is 3.14. The van der Waals surface area contributed by atoms with Crippen molar-refractivity contribution >= 4 is 33.2 Å². The first-order chi connectivity index (χ1) is 15.8. The van der Waals surface area contributed by atoms with Gasteiger partial charge in [-0.15, -0.1) is 0 Å². The van der Waals surface area contributed by atoms with Gasteiger partial charge in [-0.3, -0.25) is 9.69 Å². The smallest absolute Gasteiger partial charge is 0.246 e. The molecule has 3 rings (SSSR count). The van der Waals surface area contributed by atoms with Crippen LogP contribution in [-0.2, 0) is 27.7 Å². The zero-order chi connectivity index (χ0) is 24.0. The minimum atomic E-state index is -3.77. The van der Waals surface area contributed by atoms with E-state index in [0.29, 0.717) is 31.1 Å². The molecule has 0 aliphatic carbocycles. The maximum atomic E-state index is 13.3. The quantitative estimate of drug-likeness (QED) is 0.605. The van der Waals surface area contributed by atoms with Gasteiger partial charge in [0.1, 0.15) is 10.6 Å². The molecule has 1 aliphatic heterocycles. The number of sulfonamides is 1. The Balaban J connectivity index is 1.68. The average Bonchev–Trinajstić information content (AvgIpc) is 3.05. The molecule has 2 aromatic carbocycles. The van der Waals surface area contributed by atoms with Crippen LogP contribution in [0.25, 0.3) is 0 Å². The SMILES string of the molecule is CCc1cccc(CC)c1NC(=O)CN1CCCN(S(=O)(=O)c2cc(Cl)ccc2OC)CC1. The summed E-state index contributed by atoms with van der Waals surface area (Å²) < 4.78 is 33.2. The molecule has 0 saturated carbocycles. The molecule has 7 nitrogen and oxygen atoms in total. The lowest BCUT2D eigenvalue weighted by Gasteiger charge is -2.23. The number of benzene rings is 2. The monoisotopic (exact) mass is 493 g/mol. The molecule has 0 bridgehead atoms. The fraction of sp³-hybridized carbons (Fsp3) is 0.458. The van der Waals surface area contributed by atoms with E-state index in [1.54, 1.807) is 12.1 Å². The molecule has 1 heterocycles. The number of nitrogens with zero attached hydrogens (tertiary/aromatic N) is 2. The second-order valence-corrected chi connectivity index (χ2v) is 10.4. The summed E-state index contributed by atoms with van der Waals surface area (Å²) in [6.07, 6.45) is 2.31. The lowest BCUT2D eigenvalue weighted by Crippen LogP contribution is -2.38. The number of carbonyl (C=O) groups is 1. The topological polar surface area (TPSA) is 79.0 Å². The van der Waals surface area contributed by atoms with Crippen LogP contribution in [0.3, 0.4) is 0 Å². The fourth-order valence-electron chi connectivity index (χ4n) is 4.12. The summed E-state index contributed by atoms with van der Waals surface area (Å²) in [7, 11) is -2.34. The molecular formula is C24H32ClN3O4S. The Kier molecular flexibility index (Phi) is 8.75. The standard InChI is InChI=1S/C24H32ClN3O4S/c1-4-18-8-6-9-19(5-2)24(18)26-23(29)17-27-12-7-13-28(15-14-27)33(30,31)22-16-20(25)10-11-21(22)32-3/h6,8-11,16H,4-5,7,12-15,17H2,1-3H3,(H,26,29). The average molecular weight is 494 g/mol. The van der Waals surface area contributed by atoms with Crippen LogP contribution in [0.4, 0.5) is 5.69 Å². The number of ether oxygens (including phenoxy) is 1. The van der Waals surface area contributed by atoms with E-state index in [0.717, 1.165) is 29.7 Å². The Hall–Kier alpha value is -2.13. The predicted molar refractivity (Wildman–Crippen MR) is 132 cm³/mol. The van der Waals surface area contributed by atoms with Gasteiger partial charge in [-0.1, -0.05) is 43.6 Å². The van der Waals surface area contributed by atoms with Gasteiger partial charge in [-0.2, -0.15) is 4.31 Å². The van der Waals surface area contributed by atoms with Crippen molar-refractivity contribution in [3.05, 3.63) is 52.5 Å².